The first-order valence-electron chi connectivity index (χ1n) is 4.73. The van der Waals surface area contributed by atoms with E-state index in [-0.39, 0.29) is 6.54 Å². The molecule has 0 bridgehead atoms. The highest BCUT2D eigenvalue weighted by Gasteiger charge is 2.16. The zero-order valence-corrected chi connectivity index (χ0v) is 8.58. The summed E-state index contributed by atoms with van der Waals surface area (Å²) in [4.78, 5) is 21.5. The van der Waals surface area contributed by atoms with E-state index in [2.05, 4.69) is 10.1 Å². The number of hydrogen-bond donors (Lipinski definition) is 2. The lowest BCUT2D eigenvalue weighted by molar-refractivity contribution is -0.143. The summed E-state index contributed by atoms with van der Waals surface area (Å²) in [7, 11) is 0. The fourth-order valence-corrected chi connectivity index (χ4v) is 1.02. The quantitative estimate of drug-likeness (QED) is 0.585. The van der Waals surface area contributed by atoms with Crippen LogP contribution >= 0.6 is 0 Å². The molecule has 0 amide bonds. The lowest BCUT2D eigenvalue weighted by Gasteiger charge is -2.12. The summed E-state index contributed by atoms with van der Waals surface area (Å²) in [6.45, 7) is 3.86. The molecule has 82 valence electrons. The number of ether oxygens (including phenoxy) is 1. The van der Waals surface area contributed by atoms with E-state index < -0.39 is 18.0 Å². The third-order valence-electron chi connectivity index (χ3n) is 1.67. The van der Waals surface area contributed by atoms with E-state index >= 15 is 0 Å². The number of aliphatic carboxylic acids is 1. The van der Waals surface area contributed by atoms with E-state index in [1.165, 1.54) is 0 Å². The summed E-state index contributed by atoms with van der Waals surface area (Å²) in [5, 5.41) is 11.4. The number of carbonyl (C=O) groups excluding carboxylic acids is 1. The zero-order valence-electron chi connectivity index (χ0n) is 8.58. The van der Waals surface area contributed by atoms with Gasteiger partial charge in [0.15, 0.2) is 0 Å². The van der Waals surface area contributed by atoms with Gasteiger partial charge in [-0.2, -0.15) is 0 Å². The fraction of sp³-hybridized carbons (Fsp3) is 0.778. The van der Waals surface area contributed by atoms with Gasteiger partial charge >= 0.3 is 11.9 Å². The normalized spacial score (nSPS) is 12.1. The first-order chi connectivity index (χ1) is 6.61. The molecule has 0 aliphatic carbocycles. The molecule has 0 rings (SSSR count). The van der Waals surface area contributed by atoms with Crippen molar-refractivity contribution in [3.05, 3.63) is 0 Å². The maximum absolute atomic E-state index is 10.9. The summed E-state index contributed by atoms with van der Waals surface area (Å²) >= 11 is 0. The Balaban J connectivity index is 3.81. The van der Waals surface area contributed by atoms with Crippen LogP contribution in [0.15, 0.2) is 0 Å². The average Bonchev–Trinajstić information content (AvgIpc) is 2.12. The molecule has 0 aliphatic heterocycles. The van der Waals surface area contributed by atoms with Gasteiger partial charge in [-0.3, -0.25) is 14.9 Å². The summed E-state index contributed by atoms with van der Waals surface area (Å²) < 4.78 is 4.66. The third-order valence-corrected chi connectivity index (χ3v) is 1.67. The van der Waals surface area contributed by atoms with Crippen molar-refractivity contribution >= 4 is 11.9 Å². The fourth-order valence-electron chi connectivity index (χ4n) is 1.02. The Labute approximate surface area is 83.4 Å². The monoisotopic (exact) mass is 203 g/mol. The first-order valence-corrected chi connectivity index (χ1v) is 4.73. The predicted octanol–water partition coefficient (Wildman–Crippen LogP) is 0.392. The zero-order chi connectivity index (χ0) is 11.0. The molecule has 2 N–H and O–H groups in total. The molecule has 1 unspecified atom stereocenters. The maximum Gasteiger partial charge on any atom is 0.320 e. The van der Waals surface area contributed by atoms with Crippen molar-refractivity contribution in [2.75, 3.05) is 13.2 Å². The average molecular weight is 203 g/mol. The molecule has 0 saturated carbocycles. The number of carboxylic acid groups (broad SMARTS) is 1. The molecule has 0 aromatic rings. The van der Waals surface area contributed by atoms with Crippen LogP contribution in [0.25, 0.3) is 0 Å². The highest BCUT2D eigenvalue weighted by Crippen LogP contribution is 1.96. The maximum atomic E-state index is 10.9. The summed E-state index contributed by atoms with van der Waals surface area (Å²) in [5.74, 6) is -1.36. The number of esters is 1. The number of carboxylic acids is 1. The van der Waals surface area contributed by atoms with E-state index in [1.54, 1.807) is 6.92 Å². The molecule has 0 saturated heterocycles. The SMILES string of the molecule is CCCC(NCC(=O)OCC)C(=O)O. The minimum atomic E-state index is -0.934. The Kier molecular flexibility index (Phi) is 6.74. The Morgan fingerprint density at radius 3 is 2.50 bits per heavy atom. The van der Waals surface area contributed by atoms with E-state index in [0.717, 1.165) is 6.42 Å². The van der Waals surface area contributed by atoms with Crippen molar-refractivity contribution < 1.29 is 19.4 Å². The molecule has 5 heteroatoms. The molecular weight excluding hydrogens is 186 g/mol. The van der Waals surface area contributed by atoms with Crippen LogP contribution in [0.2, 0.25) is 0 Å². The molecule has 0 radical (unpaired) electrons. The Hall–Kier alpha value is -1.10. The number of hydrogen-bond acceptors (Lipinski definition) is 4. The van der Waals surface area contributed by atoms with Crippen molar-refractivity contribution in [2.45, 2.75) is 32.7 Å². The second-order valence-electron chi connectivity index (χ2n) is 2.87. The smallest absolute Gasteiger partial charge is 0.320 e. The van der Waals surface area contributed by atoms with Crippen LogP contribution in [-0.4, -0.2) is 36.2 Å². The largest absolute Gasteiger partial charge is 0.480 e. The van der Waals surface area contributed by atoms with Gasteiger partial charge in [0.1, 0.15) is 6.04 Å². The standard InChI is InChI=1S/C9H17NO4/c1-3-5-7(9(12)13)10-6-8(11)14-4-2/h7,10H,3-6H2,1-2H3,(H,12,13). The minimum absolute atomic E-state index is 0.0508. The van der Waals surface area contributed by atoms with E-state index in [0.29, 0.717) is 13.0 Å². The van der Waals surface area contributed by atoms with Crippen molar-refractivity contribution in [3.8, 4) is 0 Å². The van der Waals surface area contributed by atoms with Crippen molar-refractivity contribution in [1.82, 2.24) is 5.32 Å². The van der Waals surface area contributed by atoms with Gasteiger partial charge in [-0.15, -0.1) is 0 Å². The predicted molar refractivity (Wildman–Crippen MR) is 51.0 cm³/mol. The van der Waals surface area contributed by atoms with Crippen LogP contribution < -0.4 is 5.32 Å². The summed E-state index contributed by atoms with van der Waals surface area (Å²) in [6.07, 6.45) is 1.27. The second-order valence-corrected chi connectivity index (χ2v) is 2.87. The number of nitrogens with one attached hydrogen (secondary N) is 1. The van der Waals surface area contributed by atoms with Gasteiger partial charge in [0.25, 0.3) is 0 Å². The van der Waals surface area contributed by atoms with Crippen molar-refractivity contribution in [3.63, 3.8) is 0 Å². The van der Waals surface area contributed by atoms with E-state index in [9.17, 15) is 9.59 Å². The minimum Gasteiger partial charge on any atom is -0.480 e. The topological polar surface area (TPSA) is 75.6 Å². The molecular formula is C9H17NO4. The lowest BCUT2D eigenvalue weighted by Crippen LogP contribution is -2.40. The molecule has 0 aliphatic rings. The van der Waals surface area contributed by atoms with Crippen LogP contribution in [0, 0.1) is 0 Å². The lowest BCUT2D eigenvalue weighted by atomic mass is 10.2. The van der Waals surface area contributed by atoms with Crippen LogP contribution in [0.3, 0.4) is 0 Å². The van der Waals surface area contributed by atoms with Crippen LogP contribution in [-0.2, 0) is 14.3 Å². The molecule has 0 spiro atoms. The van der Waals surface area contributed by atoms with Crippen LogP contribution in [0.4, 0.5) is 0 Å². The first kappa shape index (κ1) is 12.9. The molecule has 0 fully saturated rings. The van der Waals surface area contributed by atoms with Gasteiger partial charge in [-0.05, 0) is 13.3 Å². The number of rotatable bonds is 7. The van der Waals surface area contributed by atoms with Gasteiger partial charge in [-0.1, -0.05) is 13.3 Å². The van der Waals surface area contributed by atoms with E-state index in [1.807, 2.05) is 6.92 Å². The van der Waals surface area contributed by atoms with E-state index in [4.69, 9.17) is 5.11 Å². The van der Waals surface area contributed by atoms with Crippen LogP contribution in [0.5, 0.6) is 0 Å². The van der Waals surface area contributed by atoms with Crippen molar-refractivity contribution in [2.24, 2.45) is 0 Å². The molecule has 14 heavy (non-hydrogen) atoms. The highest BCUT2D eigenvalue weighted by atomic mass is 16.5. The second kappa shape index (κ2) is 7.32. The summed E-state index contributed by atoms with van der Waals surface area (Å²) in [5.41, 5.74) is 0. The molecule has 5 nitrogen and oxygen atoms in total. The van der Waals surface area contributed by atoms with Gasteiger partial charge in [0.05, 0.1) is 13.2 Å². The molecule has 0 heterocycles. The Morgan fingerprint density at radius 1 is 1.43 bits per heavy atom. The molecule has 0 aromatic carbocycles. The Bertz CT molecular complexity index is 193. The third kappa shape index (κ3) is 5.53. The van der Waals surface area contributed by atoms with Gasteiger partial charge in [-0.25, -0.2) is 0 Å². The molecule has 1 atom stereocenters. The van der Waals surface area contributed by atoms with Gasteiger partial charge < -0.3 is 9.84 Å². The molecule has 0 aromatic heterocycles. The highest BCUT2D eigenvalue weighted by molar-refractivity contribution is 5.76. The number of carbonyl (C=O) groups is 2. The summed E-state index contributed by atoms with van der Waals surface area (Å²) in [6, 6.07) is -0.663. The van der Waals surface area contributed by atoms with Gasteiger partial charge in [0, 0.05) is 0 Å². The Morgan fingerprint density at radius 2 is 2.07 bits per heavy atom. The van der Waals surface area contributed by atoms with Crippen LogP contribution in [0.1, 0.15) is 26.7 Å². The van der Waals surface area contributed by atoms with Crippen molar-refractivity contribution in [1.29, 1.82) is 0 Å². The van der Waals surface area contributed by atoms with Gasteiger partial charge in [0.2, 0.25) is 0 Å².